The fraction of sp³-hybridized carbons (Fsp3) is 0.0556. The number of aryl methyl sites for hydroxylation is 1. The molecule has 1 heterocycles. The van der Waals surface area contributed by atoms with Gasteiger partial charge < -0.3 is 15.2 Å². The lowest BCUT2D eigenvalue weighted by atomic mass is 10.2. The molecular formula is C18H15N5O3S2. The Balaban J connectivity index is 1.63. The van der Waals surface area contributed by atoms with E-state index in [0.29, 0.717) is 22.1 Å². The van der Waals surface area contributed by atoms with Crippen molar-refractivity contribution < 1.29 is 12.9 Å². The number of benzene rings is 2. The molecule has 142 valence electrons. The van der Waals surface area contributed by atoms with Crippen molar-refractivity contribution in [3.63, 3.8) is 0 Å². The van der Waals surface area contributed by atoms with Crippen LogP contribution in [-0.4, -0.2) is 18.7 Å². The normalized spacial score (nSPS) is 10.7. The van der Waals surface area contributed by atoms with Gasteiger partial charge in [0, 0.05) is 17.4 Å². The molecule has 10 heteroatoms. The molecule has 1 aromatic heterocycles. The highest BCUT2D eigenvalue weighted by molar-refractivity contribution is 7.92. The monoisotopic (exact) mass is 413 g/mol. The average molecular weight is 413 g/mol. The summed E-state index contributed by atoms with van der Waals surface area (Å²) < 4.78 is 31.9. The highest BCUT2D eigenvalue weighted by Gasteiger charge is 2.16. The second-order valence-electron chi connectivity index (χ2n) is 5.72. The third-order valence-corrected chi connectivity index (χ3v) is 5.14. The van der Waals surface area contributed by atoms with Gasteiger partial charge in [-0.05, 0) is 67.7 Å². The molecule has 0 spiro atoms. The Labute approximate surface area is 167 Å². The van der Waals surface area contributed by atoms with Crippen molar-refractivity contribution in [3.8, 4) is 6.07 Å². The van der Waals surface area contributed by atoms with E-state index in [2.05, 4.69) is 20.5 Å². The lowest BCUT2D eigenvalue weighted by Gasteiger charge is -2.11. The maximum Gasteiger partial charge on any atom is 0.263 e. The van der Waals surface area contributed by atoms with E-state index in [9.17, 15) is 8.42 Å². The van der Waals surface area contributed by atoms with Crippen LogP contribution in [0.1, 0.15) is 11.3 Å². The lowest BCUT2D eigenvalue weighted by Crippen LogP contribution is -2.19. The highest BCUT2D eigenvalue weighted by Crippen LogP contribution is 2.18. The molecule has 0 aliphatic carbocycles. The summed E-state index contributed by atoms with van der Waals surface area (Å²) in [6.07, 6.45) is 0. The Morgan fingerprint density at radius 2 is 1.64 bits per heavy atom. The number of anilines is 3. The molecule has 0 saturated heterocycles. The van der Waals surface area contributed by atoms with Gasteiger partial charge in [-0.15, -0.1) is 0 Å². The van der Waals surface area contributed by atoms with Crippen LogP contribution >= 0.6 is 12.2 Å². The van der Waals surface area contributed by atoms with Crippen LogP contribution in [0.5, 0.6) is 0 Å². The van der Waals surface area contributed by atoms with Crippen LogP contribution in [-0.2, 0) is 10.0 Å². The first-order valence-corrected chi connectivity index (χ1v) is 9.89. The number of hydrogen-bond acceptors (Lipinski definition) is 6. The van der Waals surface area contributed by atoms with Gasteiger partial charge in [-0.1, -0.05) is 5.16 Å². The molecule has 3 aromatic rings. The summed E-state index contributed by atoms with van der Waals surface area (Å²) in [7, 11) is -3.78. The van der Waals surface area contributed by atoms with Crippen molar-refractivity contribution >= 4 is 44.5 Å². The van der Waals surface area contributed by atoms with Gasteiger partial charge >= 0.3 is 0 Å². The third kappa shape index (κ3) is 4.85. The number of hydrogen-bond donors (Lipinski definition) is 3. The first-order valence-electron chi connectivity index (χ1n) is 8.00. The molecule has 2 aromatic carbocycles. The van der Waals surface area contributed by atoms with Crippen LogP contribution in [0.25, 0.3) is 0 Å². The van der Waals surface area contributed by atoms with Gasteiger partial charge in [0.25, 0.3) is 10.0 Å². The fourth-order valence-corrected chi connectivity index (χ4v) is 3.47. The predicted molar refractivity (Wildman–Crippen MR) is 109 cm³/mol. The zero-order chi connectivity index (χ0) is 20.1. The first kappa shape index (κ1) is 19.3. The molecule has 28 heavy (non-hydrogen) atoms. The summed E-state index contributed by atoms with van der Waals surface area (Å²) in [4.78, 5) is 0.0738. The summed E-state index contributed by atoms with van der Waals surface area (Å²) >= 11 is 5.24. The molecule has 0 amide bonds. The van der Waals surface area contributed by atoms with Crippen LogP contribution in [0.3, 0.4) is 0 Å². The third-order valence-electron chi connectivity index (χ3n) is 3.56. The van der Waals surface area contributed by atoms with E-state index in [1.807, 2.05) is 6.07 Å². The van der Waals surface area contributed by atoms with E-state index in [0.717, 1.165) is 5.69 Å². The van der Waals surface area contributed by atoms with Gasteiger partial charge in [-0.2, -0.15) is 5.26 Å². The molecular weight excluding hydrogens is 398 g/mol. The van der Waals surface area contributed by atoms with Crippen LogP contribution in [0.15, 0.2) is 64.0 Å². The number of nitriles is 1. The number of nitrogens with one attached hydrogen (secondary N) is 3. The molecule has 8 nitrogen and oxygen atoms in total. The maximum absolute atomic E-state index is 12.4. The highest BCUT2D eigenvalue weighted by atomic mass is 32.2. The van der Waals surface area contributed by atoms with Crippen LogP contribution in [0, 0.1) is 18.3 Å². The Morgan fingerprint density at radius 1 is 1.07 bits per heavy atom. The fourth-order valence-electron chi connectivity index (χ4n) is 2.25. The molecule has 0 aliphatic heterocycles. The van der Waals surface area contributed by atoms with Crippen LogP contribution in [0.2, 0.25) is 0 Å². The van der Waals surface area contributed by atoms with Gasteiger partial charge in [0.2, 0.25) is 0 Å². The quantitative estimate of drug-likeness (QED) is 0.544. The number of sulfonamides is 1. The summed E-state index contributed by atoms with van der Waals surface area (Å²) in [5.41, 5.74) is 1.89. The van der Waals surface area contributed by atoms with E-state index in [-0.39, 0.29) is 10.7 Å². The van der Waals surface area contributed by atoms with E-state index in [4.69, 9.17) is 22.0 Å². The molecule has 3 N–H and O–H groups in total. The van der Waals surface area contributed by atoms with E-state index in [1.165, 1.54) is 18.2 Å². The number of rotatable bonds is 5. The van der Waals surface area contributed by atoms with Crippen molar-refractivity contribution in [1.29, 1.82) is 5.26 Å². The van der Waals surface area contributed by atoms with Crippen molar-refractivity contribution in [3.05, 3.63) is 65.9 Å². The standard InChI is InChI=1S/C18H15N5O3S2/c1-12-10-17(22-26-12)23-28(24,25)16-8-6-15(7-9-16)21-18(27)20-14-4-2-13(11-19)3-5-14/h2-10H,1H3,(H,22,23)(H2,20,21,27). The van der Waals surface area contributed by atoms with Crippen molar-refractivity contribution in [2.75, 3.05) is 15.4 Å². The molecule has 0 radical (unpaired) electrons. The maximum atomic E-state index is 12.4. The Hall–Kier alpha value is -3.42. The van der Waals surface area contributed by atoms with E-state index in [1.54, 1.807) is 43.3 Å². The van der Waals surface area contributed by atoms with Crippen molar-refractivity contribution in [2.45, 2.75) is 11.8 Å². The van der Waals surface area contributed by atoms with Gasteiger partial charge in [0.15, 0.2) is 10.9 Å². The summed E-state index contributed by atoms with van der Waals surface area (Å²) in [5.74, 6) is 0.619. The zero-order valence-electron chi connectivity index (χ0n) is 14.6. The molecule has 0 saturated carbocycles. The van der Waals surface area contributed by atoms with E-state index < -0.39 is 10.0 Å². The van der Waals surface area contributed by atoms with Crippen LogP contribution in [0.4, 0.5) is 17.2 Å². The number of aromatic nitrogens is 1. The molecule has 0 aliphatic rings. The second kappa shape index (κ2) is 8.08. The Morgan fingerprint density at radius 3 is 2.14 bits per heavy atom. The molecule has 0 atom stereocenters. The van der Waals surface area contributed by atoms with Crippen molar-refractivity contribution in [1.82, 2.24) is 5.16 Å². The van der Waals surface area contributed by atoms with Crippen molar-refractivity contribution in [2.24, 2.45) is 0 Å². The predicted octanol–water partition coefficient (Wildman–Crippen LogP) is 3.46. The zero-order valence-corrected chi connectivity index (χ0v) is 16.3. The van der Waals surface area contributed by atoms with Gasteiger partial charge in [-0.3, -0.25) is 4.72 Å². The largest absolute Gasteiger partial charge is 0.360 e. The Kier molecular flexibility index (Phi) is 5.58. The Bertz CT molecular complexity index is 1130. The molecule has 0 bridgehead atoms. The average Bonchev–Trinajstić information content (AvgIpc) is 3.06. The van der Waals surface area contributed by atoms with Gasteiger partial charge in [0.05, 0.1) is 16.5 Å². The molecule has 0 fully saturated rings. The lowest BCUT2D eigenvalue weighted by molar-refractivity contribution is 0.400. The minimum absolute atomic E-state index is 0.0738. The molecule has 3 rings (SSSR count). The van der Waals surface area contributed by atoms with E-state index >= 15 is 0 Å². The van der Waals surface area contributed by atoms with Gasteiger partial charge in [-0.25, -0.2) is 8.42 Å². The smallest absolute Gasteiger partial charge is 0.263 e. The molecule has 0 unspecified atom stereocenters. The number of thiocarbonyl (C=S) groups is 1. The summed E-state index contributed by atoms with van der Waals surface area (Å²) in [6, 6.07) is 16.4. The summed E-state index contributed by atoms with van der Waals surface area (Å²) in [5, 5.41) is 18.7. The van der Waals surface area contributed by atoms with Gasteiger partial charge in [0.1, 0.15) is 5.76 Å². The minimum atomic E-state index is -3.78. The second-order valence-corrected chi connectivity index (χ2v) is 7.81. The number of nitrogens with zero attached hydrogens (tertiary/aromatic N) is 2. The first-order chi connectivity index (χ1) is 13.4. The minimum Gasteiger partial charge on any atom is -0.360 e. The summed E-state index contributed by atoms with van der Waals surface area (Å²) in [6.45, 7) is 1.67. The topological polar surface area (TPSA) is 120 Å². The SMILES string of the molecule is Cc1cc(NS(=O)(=O)c2ccc(NC(=S)Nc3ccc(C#N)cc3)cc2)no1. The van der Waals surface area contributed by atoms with Crippen LogP contribution < -0.4 is 15.4 Å².